The summed E-state index contributed by atoms with van der Waals surface area (Å²) < 4.78 is 6.87. The van der Waals surface area contributed by atoms with Crippen molar-refractivity contribution in [2.24, 2.45) is 7.05 Å². The SMILES string of the molecule is COc1c(Cl)ncnc1Sc1cnn(C)c1. The average Bonchev–Trinajstić information content (AvgIpc) is 2.64. The average molecular weight is 257 g/mol. The van der Waals surface area contributed by atoms with E-state index in [1.807, 2.05) is 13.2 Å². The van der Waals surface area contributed by atoms with E-state index in [2.05, 4.69) is 15.1 Å². The molecule has 0 fully saturated rings. The van der Waals surface area contributed by atoms with Gasteiger partial charge in [0.1, 0.15) is 11.4 Å². The van der Waals surface area contributed by atoms with Crippen molar-refractivity contribution in [1.82, 2.24) is 19.7 Å². The molecule has 84 valence electrons. The highest BCUT2D eigenvalue weighted by molar-refractivity contribution is 7.99. The van der Waals surface area contributed by atoms with Crippen LogP contribution in [0, 0.1) is 0 Å². The predicted octanol–water partition coefficient (Wildman–Crippen LogP) is 2.02. The van der Waals surface area contributed by atoms with Crippen LogP contribution in [0.1, 0.15) is 0 Å². The lowest BCUT2D eigenvalue weighted by Crippen LogP contribution is -1.92. The number of rotatable bonds is 3. The molecule has 0 atom stereocenters. The Bertz CT molecular complexity index is 502. The van der Waals surface area contributed by atoms with Gasteiger partial charge in [-0.15, -0.1) is 0 Å². The predicted molar refractivity (Wildman–Crippen MR) is 60.9 cm³/mol. The molecule has 0 saturated carbocycles. The number of hydrogen-bond donors (Lipinski definition) is 0. The number of methoxy groups -OCH3 is 1. The van der Waals surface area contributed by atoms with Gasteiger partial charge >= 0.3 is 0 Å². The van der Waals surface area contributed by atoms with Crippen molar-refractivity contribution in [3.63, 3.8) is 0 Å². The van der Waals surface area contributed by atoms with E-state index in [4.69, 9.17) is 16.3 Å². The Morgan fingerprint density at radius 3 is 2.88 bits per heavy atom. The lowest BCUT2D eigenvalue weighted by atomic mass is 10.6. The third kappa shape index (κ3) is 2.28. The summed E-state index contributed by atoms with van der Waals surface area (Å²) in [5.74, 6) is 0.484. The number of aryl methyl sites for hydroxylation is 1. The van der Waals surface area contributed by atoms with Gasteiger partial charge in [-0.2, -0.15) is 5.10 Å². The zero-order chi connectivity index (χ0) is 11.5. The Hall–Kier alpha value is -1.27. The highest BCUT2D eigenvalue weighted by Gasteiger charge is 2.12. The zero-order valence-electron chi connectivity index (χ0n) is 8.72. The minimum Gasteiger partial charge on any atom is -0.491 e. The standard InChI is InChI=1S/C9H9ClN4OS/c1-14-4-6(3-13-14)16-9-7(15-2)8(10)11-5-12-9/h3-5H,1-2H3. The normalized spacial score (nSPS) is 10.4. The van der Waals surface area contributed by atoms with Crippen molar-refractivity contribution < 1.29 is 4.74 Å². The van der Waals surface area contributed by atoms with Crippen LogP contribution >= 0.6 is 23.4 Å². The molecular weight excluding hydrogens is 248 g/mol. The van der Waals surface area contributed by atoms with Crippen LogP contribution in [-0.2, 0) is 7.05 Å². The molecule has 0 unspecified atom stereocenters. The van der Waals surface area contributed by atoms with Crippen LogP contribution in [0.5, 0.6) is 5.75 Å². The first-order valence-corrected chi connectivity index (χ1v) is 5.61. The van der Waals surface area contributed by atoms with E-state index >= 15 is 0 Å². The van der Waals surface area contributed by atoms with Crippen molar-refractivity contribution in [1.29, 1.82) is 0 Å². The summed E-state index contributed by atoms with van der Waals surface area (Å²) in [4.78, 5) is 8.94. The second kappa shape index (κ2) is 4.71. The zero-order valence-corrected chi connectivity index (χ0v) is 10.3. The smallest absolute Gasteiger partial charge is 0.188 e. The monoisotopic (exact) mass is 256 g/mol. The lowest BCUT2D eigenvalue weighted by Gasteiger charge is -2.05. The second-order valence-electron chi connectivity index (χ2n) is 2.95. The second-order valence-corrected chi connectivity index (χ2v) is 4.37. The molecule has 0 bridgehead atoms. The fraction of sp³-hybridized carbons (Fsp3) is 0.222. The highest BCUT2D eigenvalue weighted by Crippen LogP contribution is 2.35. The largest absolute Gasteiger partial charge is 0.491 e. The lowest BCUT2D eigenvalue weighted by molar-refractivity contribution is 0.398. The molecule has 0 aliphatic heterocycles. The molecule has 2 rings (SSSR count). The van der Waals surface area contributed by atoms with Crippen molar-refractivity contribution in [3.05, 3.63) is 23.9 Å². The third-order valence-corrected chi connectivity index (χ3v) is 3.03. The van der Waals surface area contributed by atoms with Gasteiger partial charge in [0.05, 0.1) is 18.2 Å². The van der Waals surface area contributed by atoms with Gasteiger partial charge in [-0.3, -0.25) is 4.68 Å². The summed E-state index contributed by atoms with van der Waals surface area (Å²) in [7, 11) is 3.39. The van der Waals surface area contributed by atoms with E-state index < -0.39 is 0 Å². The fourth-order valence-corrected chi connectivity index (χ4v) is 2.31. The molecule has 2 aromatic heterocycles. The fourth-order valence-electron chi connectivity index (χ4n) is 1.14. The van der Waals surface area contributed by atoms with Gasteiger partial charge in [0.15, 0.2) is 10.9 Å². The Kier molecular flexibility index (Phi) is 3.31. The van der Waals surface area contributed by atoms with E-state index in [1.54, 1.807) is 10.9 Å². The van der Waals surface area contributed by atoms with E-state index in [-0.39, 0.29) is 0 Å². The van der Waals surface area contributed by atoms with Gasteiger partial charge in [0.25, 0.3) is 0 Å². The minimum atomic E-state index is 0.309. The van der Waals surface area contributed by atoms with Gasteiger partial charge in [-0.05, 0) is 0 Å². The summed E-state index contributed by atoms with van der Waals surface area (Å²) in [6, 6.07) is 0. The molecule has 0 aromatic carbocycles. The number of hydrogen-bond acceptors (Lipinski definition) is 5. The first kappa shape index (κ1) is 11.2. The van der Waals surface area contributed by atoms with Crippen LogP contribution in [-0.4, -0.2) is 26.9 Å². The summed E-state index contributed by atoms with van der Waals surface area (Å²) >= 11 is 7.32. The van der Waals surface area contributed by atoms with Gasteiger partial charge in [0.2, 0.25) is 0 Å². The molecule has 7 heteroatoms. The number of nitrogens with zero attached hydrogens (tertiary/aromatic N) is 4. The Morgan fingerprint density at radius 2 is 2.25 bits per heavy atom. The van der Waals surface area contributed by atoms with Crippen LogP contribution in [0.2, 0.25) is 5.15 Å². The van der Waals surface area contributed by atoms with Gasteiger partial charge in [0, 0.05) is 13.2 Å². The summed E-state index contributed by atoms with van der Waals surface area (Å²) in [5, 5.41) is 5.05. The van der Waals surface area contributed by atoms with Crippen LogP contribution in [0.3, 0.4) is 0 Å². The van der Waals surface area contributed by atoms with Crippen LogP contribution in [0.25, 0.3) is 0 Å². The topological polar surface area (TPSA) is 52.8 Å². The molecule has 0 N–H and O–H groups in total. The summed E-state index contributed by atoms with van der Waals surface area (Å²) in [6.45, 7) is 0. The van der Waals surface area contributed by atoms with Crippen molar-refractivity contribution in [2.45, 2.75) is 9.92 Å². The van der Waals surface area contributed by atoms with Crippen molar-refractivity contribution >= 4 is 23.4 Å². The van der Waals surface area contributed by atoms with Gasteiger partial charge in [-0.25, -0.2) is 9.97 Å². The molecule has 0 aliphatic rings. The minimum absolute atomic E-state index is 0.309. The molecule has 5 nitrogen and oxygen atoms in total. The molecule has 0 saturated heterocycles. The molecule has 0 spiro atoms. The summed E-state index contributed by atoms with van der Waals surface area (Å²) in [5.41, 5.74) is 0. The Labute approximate surface area is 102 Å². The number of halogens is 1. The quantitative estimate of drug-likeness (QED) is 0.787. The number of aromatic nitrogens is 4. The summed E-state index contributed by atoms with van der Waals surface area (Å²) in [6.07, 6.45) is 5.05. The van der Waals surface area contributed by atoms with E-state index in [0.29, 0.717) is 15.9 Å². The van der Waals surface area contributed by atoms with Crippen LogP contribution in [0.4, 0.5) is 0 Å². The van der Waals surface area contributed by atoms with E-state index in [0.717, 1.165) is 4.90 Å². The first-order chi connectivity index (χ1) is 7.70. The molecular formula is C9H9ClN4OS. The molecule has 0 radical (unpaired) electrons. The molecule has 2 heterocycles. The molecule has 16 heavy (non-hydrogen) atoms. The number of ether oxygens (including phenoxy) is 1. The Balaban J connectivity index is 2.30. The molecule has 0 aliphatic carbocycles. The molecule has 0 amide bonds. The maximum atomic E-state index is 5.89. The van der Waals surface area contributed by atoms with E-state index in [9.17, 15) is 0 Å². The molecule has 2 aromatic rings. The highest BCUT2D eigenvalue weighted by atomic mass is 35.5. The van der Waals surface area contributed by atoms with Crippen molar-refractivity contribution in [3.8, 4) is 5.75 Å². The Morgan fingerprint density at radius 1 is 1.44 bits per heavy atom. The van der Waals surface area contributed by atoms with Crippen LogP contribution < -0.4 is 4.74 Å². The van der Waals surface area contributed by atoms with Gasteiger partial charge in [-0.1, -0.05) is 23.4 Å². The first-order valence-electron chi connectivity index (χ1n) is 4.41. The van der Waals surface area contributed by atoms with Crippen LogP contribution in [0.15, 0.2) is 28.6 Å². The van der Waals surface area contributed by atoms with Gasteiger partial charge < -0.3 is 4.74 Å². The maximum Gasteiger partial charge on any atom is 0.188 e. The third-order valence-electron chi connectivity index (χ3n) is 1.83. The van der Waals surface area contributed by atoms with Crippen molar-refractivity contribution in [2.75, 3.05) is 7.11 Å². The maximum absolute atomic E-state index is 5.89. The van der Waals surface area contributed by atoms with E-state index in [1.165, 1.54) is 25.2 Å².